The van der Waals surface area contributed by atoms with Crippen molar-refractivity contribution in [3.63, 3.8) is 0 Å². The van der Waals surface area contributed by atoms with Crippen molar-refractivity contribution in [1.29, 1.82) is 0 Å². The minimum Gasteiger partial charge on any atom is -0.358 e. The van der Waals surface area contributed by atoms with Crippen LogP contribution in [0.1, 0.15) is 66.8 Å². The van der Waals surface area contributed by atoms with E-state index in [4.69, 9.17) is 18.6 Å². The molecular weight excluding hydrogens is 1010 g/mol. The first-order valence-electron chi connectivity index (χ1n) is 19.1. The normalized spacial score (nSPS) is 9.37. The van der Waals surface area contributed by atoms with Gasteiger partial charge in [0.1, 0.15) is 23.0 Å². The maximum atomic E-state index is 10.3. The van der Waals surface area contributed by atoms with Crippen molar-refractivity contribution in [2.75, 3.05) is 0 Å². The van der Waals surface area contributed by atoms with Gasteiger partial charge in [0, 0.05) is 98.6 Å². The van der Waals surface area contributed by atoms with E-state index in [-0.39, 0.29) is 94.8 Å². The summed E-state index contributed by atoms with van der Waals surface area (Å²) in [5, 5.41) is 41.0. The molecule has 0 heterocycles. The molecule has 6 N–H and O–H groups in total. The van der Waals surface area contributed by atoms with Gasteiger partial charge >= 0.3 is 45.2 Å². The molecule has 369 valence electrons. The summed E-state index contributed by atoms with van der Waals surface area (Å²) >= 11 is 0. The molecule has 16 heteroatoms. The monoisotopic (exact) mass is 1070 g/mol. The van der Waals surface area contributed by atoms with Crippen LogP contribution < -0.4 is 0 Å². The van der Waals surface area contributed by atoms with Crippen molar-refractivity contribution in [3.8, 4) is 23.0 Å². The first kappa shape index (κ1) is 75.2. The van der Waals surface area contributed by atoms with Crippen LogP contribution in [0.3, 0.4) is 0 Å². The molecule has 0 bridgehead atoms. The third-order valence-corrected chi connectivity index (χ3v) is 9.03. The van der Waals surface area contributed by atoms with Crippen molar-refractivity contribution in [1.82, 2.24) is 0 Å². The predicted octanol–water partition coefficient (Wildman–Crippen LogP) is 11.6. The molecule has 0 aliphatic heterocycles. The van der Waals surface area contributed by atoms with E-state index in [0.717, 1.165) is 44.5 Å². The van der Waals surface area contributed by atoms with E-state index in [9.17, 15) is 20.4 Å². The predicted molar refractivity (Wildman–Crippen MR) is 264 cm³/mol. The van der Waals surface area contributed by atoms with Crippen molar-refractivity contribution < 1.29 is 96.0 Å². The number of hydrogen-bond acceptors (Lipinski definition) is 8. The van der Waals surface area contributed by atoms with E-state index in [2.05, 4.69) is 46.6 Å². The zero-order valence-corrected chi connectivity index (χ0v) is 44.0. The van der Waals surface area contributed by atoms with Crippen LogP contribution in [0.5, 0.6) is 23.0 Å². The largest absolute Gasteiger partial charge is 0.358 e. The molecule has 0 atom stereocenters. The Balaban J connectivity index is -0.000000238. The first-order valence-corrected chi connectivity index (χ1v) is 19.1. The van der Waals surface area contributed by atoms with Gasteiger partial charge in [0.2, 0.25) is 0 Å². The van der Waals surface area contributed by atoms with Gasteiger partial charge < -0.3 is 40.8 Å². The van der Waals surface area contributed by atoms with Gasteiger partial charge in [0.05, 0.1) is 22.7 Å². The molecule has 6 aromatic carbocycles. The van der Waals surface area contributed by atoms with Crippen LogP contribution in [0.2, 0.25) is 0 Å². The van der Waals surface area contributed by atoms with Gasteiger partial charge in [-0.25, -0.2) is 0 Å². The molecule has 0 spiro atoms. The van der Waals surface area contributed by atoms with Crippen LogP contribution in [-0.4, -0.2) is 50.8 Å². The smallest absolute Gasteiger partial charge is 0 e. The fourth-order valence-corrected chi connectivity index (χ4v) is 6.29. The average Bonchev–Trinajstić information content (AvgIpc) is 3.30. The maximum Gasteiger partial charge on any atom is 0 e. The van der Waals surface area contributed by atoms with Gasteiger partial charge in [-0.1, -0.05) is 48.5 Å². The van der Waals surface area contributed by atoms with Gasteiger partial charge in [-0.2, -0.15) is 0 Å². The second kappa shape index (κ2) is 39.5. The van der Waals surface area contributed by atoms with Crippen LogP contribution in [0.4, 0.5) is 22.7 Å². The fourth-order valence-electron chi connectivity index (χ4n) is 6.29. The molecule has 0 amide bonds. The summed E-state index contributed by atoms with van der Waals surface area (Å²) in [7, 11) is 0. The van der Waals surface area contributed by atoms with Crippen LogP contribution in [0.25, 0.3) is 0 Å². The SMILES string of the molecule is Cc1cc(C)c(O)c(C=Nc2ccccc2N=Cc2cc(C)cc(C)c2O)c1.Cc1cc(C)c(O)c(C=Nc2ccccc2N=Cc2cc(C)cc(C)c2O)c1.O.[C-]#[O+].[C-]#[O+].[C-]#[O+].[C-]#[O+].[CH3-].[CH3-].[Co].[Cr].[Cr]. The van der Waals surface area contributed by atoms with E-state index in [1.807, 2.05) is 152 Å². The Morgan fingerprint density at radius 1 is 0.357 bits per heavy atom. The Bertz CT molecular complexity index is 2380. The number of rotatable bonds is 8. The second-order valence-electron chi connectivity index (χ2n) is 14.1. The zero-order valence-electron chi connectivity index (χ0n) is 40.4. The number of aromatic hydroxyl groups is 4. The van der Waals surface area contributed by atoms with E-state index in [1.165, 1.54) is 0 Å². The van der Waals surface area contributed by atoms with Crippen molar-refractivity contribution in [3.05, 3.63) is 205 Å². The average molecular weight is 1070 g/mol. The summed E-state index contributed by atoms with van der Waals surface area (Å²) < 4.78 is 30.0. The molecule has 0 aliphatic carbocycles. The zero-order chi connectivity index (χ0) is 48.5. The number of para-hydroxylation sites is 4. The van der Waals surface area contributed by atoms with Gasteiger partial charge in [-0.3, -0.25) is 20.0 Å². The summed E-state index contributed by atoms with van der Waals surface area (Å²) in [6, 6.07) is 30.3. The number of phenolic OH excluding ortho intramolecular Hbond substituents is 4. The number of aliphatic imine (C=N–C) groups is 4. The Morgan fingerprint density at radius 2 is 0.514 bits per heavy atom. The molecule has 0 aromatic heterocycles. The first-order chi connectivity index (χ1) is 30.7. The van der Waals surface area contributed by atoms with Crippen molar-refractivity contribution >= 4 is 47.6 Å². The summed E-state index contributed by atoms with van der Waals surface area (Å²) in [5.74, 6) is 0.928. The molecule has 0 aliphatic rings. The standard InChI is InChI=1S/2C24H24N2O2.4CO.2CH3.Co.2Cr.H2O/c2*1-15-9-17(3)23(27)19(11-15)13-25-21-7-5-6-8-22(21)26-14-20-12-16(2)10-18(4)24(20)28;4*1-2;;;;;;/h2*5-14,27-28H,1-4H3;;;;;2*1H3;;;;1H2/q;;;;;;2*-1;;;;. The van der Waals surface area contributed by atoms with Crippen LogP contribution in [0, 0.1) is 96.8 Å². The van der Waals surface area contributed by atoms with E-state index >= 15 is 0 Å². The minimum absolute atomic E-state index is 0. The third-order valence-electron chi connectivity index (χ3n) is 9.03. The second-order valence-corrected chi connectivity index (χ2v) is 14.1. The molecule has 6 aromatic rings. The van der Waals surface area contributed by atoms with E-state index in [1.54, 1.807) is 24.9 Å². The fraction of sp³-hybridized carbons (Fsp3) is 0.148. The van der Waals surface area contributed by atoms with E-state index < -0.39 is 0 Å². The topological polar surface area (TPSA) is 241 Å². The molecule has 70 heavy (non-hydrogen) atoms. The number of benzene rings is 6. The summed E-state index contributed by atoms with van der Waals surface area (Å²) in [4.78, 5) is 18.1. The number of aryl methyl sites for hydroxylation is 8. The molecule has 0 saturated heterocycles. The van der Waals surface area contributed by atoms with Gasteiger partial charge in [-0.05, 0) is 148 Å². The molecule has 6 rings (SSSR count). The van der Waals surface area contributed by atoms with Crippen LogP contribution in [0.15, 0.2) is 117 Å². The third kappa shape index (κ3) is 22.9. The quantitative estimate of drug-likeness (QED) is 0.0660. The molecule has 1 radical (unpaired) electrons. The van der Waals surface area contributed by atoms with Crippen LogP contribution in [-0.2, 0) is 70.1 Å². The van der Waals surface area contributed by atoms with Gasteiger partial charge in [0.25, 0.3) is 0 Å². The Hall–Kier alpha value is -6.31. The molecule has 0 saturated carbocycles. The summed E-state index contributed by atoms with van der Waals surface area (Å²) in [5.41, 5.74) is 12.9. The number of nitrogens with zero attached hydrogens (tertiary/aromatic N) is 4. The summed E-state index contributed by atoms with van der Waals surface area (Å²) in [6.45, 7) is 33.4. The number of hydrogen-bond donors (Lipinski definition) is 4. The van der Waals surface area contributed by atoms with Crippen molar-refractivity contribution in [2.24, 2.45) is 20.0 Å². The van der Waals surface area contributed by atoms with E-state index in [0.29, 0.717) is 45.0 Å². The summed E-state index contributed by atoms with van der Waals surface area (Å²) in [6.07, 6.45) is 6.60. The molecule has 0 fully saturated rings. The Labute approximate surface area is 444 Å². The van der Waals surface area contributed by atoms with Crippen LogP contribution >= 0.6 is 0 Å². The minimum atomic E-state index is 0. The van der Waals surface area contributed by atoms with Crippen molar-refractivity contribution in [2.45, 2.75) is 55.4 Å². The Morgan fingerprint density at radius 3 is 0.671 bits per heavy atom. The van der Waals surface area contributed by atoms with Gasteiger partial charge in [-0.15, -0.1) is 0 Å². The molecule has 0 unspecified atom stereocenters. The molecular formula is C54H56CoCr2N4O9-2. The van der Waals surface area contributed by atoms with Gasteiger partial charge in [0.15, 0.2) is 0 Å². The maximum absolute atomic E-state index is 10.3. The number of phenols is 4. The Kier molecular flexibility index (Phi) is 42.5. The molecule has 13 nitrogen and oxygen atoms in total.